The van der Waals surface area contributed by atoms with Gasteiger partial charge >= 0.3 is 6.03 Å². The normalized spacial score (nSPS) is 9.86. The minimum atomic E-state index is -0.254. The Morgan fingerprint density at radius 1 is 1.18 bits per heavy atom. The van der Waals surface area contributed by atoms with E-state index in [1.54, 1.807) is 36.2 Å². The molecule has 1 aromatic rings. The Kier molecular flexibility index (Phi) is 9.21. The fourth-order valence-corrected chi connectivity index (χ4v) is 1.73. The van der Waals surface area contributed by atoms with Crippen LogP contribution in [0.5, 0.6) is 0 Å². The third-order valence-electron chi connectivity index (χ3n) is 2.85. The zero-order valence-electron chi connectivity index (χ0n) is 13.5. The minimum Gasteiger partial charge on any atom is -0.340 e. The van der Waals surface area contributed by atoms with Gasteiger partial charge < -0.3 is 20.9 Å². The van der Waals surface area contributed by atoms with Crippen molar-refractivity contribution in [2.24, 2.45) is 0 Å². The van der Waals surface area contributed by atoms with Gasteiger partial charge in [-0.2, -0.15) is 0 Å². The van der Waals surface area contributed by atoms with Crippen molar-refractivity contribution in [3.8, 4) is 0 Å². The second-order valence-corrected chi connectivity index (χ2v) is 5.16. The highest BCUT2D eigenvalue weighted by molar-refractivity contribution is 5.95. The molecule has 0 unspecified atom stereocenters. The molecule has 0 spiro atoms. The first kappa shape index (κ1) is 20.2. The Morgan fingerprint density at radius 2 is 1.77 bits per heavy atom. The number of benzene rings is 1. The van der Waals surface area contributed by atoms with Crippen molar-refractivity contribution in [3.63, 3.8) is 0 Å². The van der Waals surface area contributed by atoms with E-state index in [1.807, 2.05) is 20.9 Å². The molecule has 0 radical (unpaired) electrons. The number of urea groups is 1. The number of anilines is 1. The molecule has 0 atom stereocenters. The monoisotopic (exact) mass is 328 g/mol. The lowest BCUT2D eigenvalue weighted by atomic mass is 10.2. The molecule has 6 nitrogen and oxygen atoms in total. The molecule has 0 fully saturated rings. The largest absolute Gasteiger partial charge is 0.340 e. The average Bonchev–Trinajstić information content (AvgIpc) is 2.43. The van der Waals surface area contributed by atoms with Gasteiger partial charge in [0.15, 0.2) is 0 Å². The molecular weight excluding hydrogens is 304 g/mol. The van der Waals surface area contributed by atoms with Crippen molar-refractivity contribution >= 4 is 30.0 Å². The first-order chi connectivity index (χ1) is 9.93. The summed E-state index contributed by atoms with van der Waals surface area (Å²) in [6.07, 6.45) is 0. The van der Waals surface area contributed by atoms with Crippen LogP contribution < -0.4 is 16.0 Å². The summed E-state index contributed by atoms with van der Waals surface area (Å²) in [5.74, 6) is -0.0385. The number of hydrogen-bond donors (Lipinski definition) is 3. The van der Waals surface area contributed by atoms with Crippen molar-refractivity contribution in [3.05, 3.63) is 29.8 Å². The van der Waals surface area contributed by atoms with Crippen LogP contribution in [0.4, 0.5) is 10.5 Å². The summed E-state index contributed by atoms with van der Waals surface area (Å²) in [6.45, 7) is 5.17. The number of nitrogens with one attached hydrogen (secondary N) is 3. The van der Waals surface area contributed by atoms with Crippen LogP contribution in [-0.4, -0.2) is 50.1 Å². The summed E-state index contributed by atoms with van der Waals surface area (Å²) < 4.78 is 0. The molecule has 0 heterocycles. The molecule has 0 aliphatic carbocycles. The van der Waals surface area contributed by atoms with Crippen molar-refractivity contribution in [2.45, 2.75) is 19.9 Å². The molecule has 0 aromatic heterocycles. The zero-order valence-corrected chi connectivity index (χ0v) is 14.3. The van der Waals surface area contributed by atoms with E-state index in [0.717, 1.165) is 6.54 Å². The average molecular weight is 329 g/mol. The summed E-state index contributed by atoms with van der Waals surface area (Å²) in [4.78, 5) is 25.3. The molecule has 124 valence electrons. The van der Waals surface area contributed by atoms with Gasteiger partial charge in [-0.15, -0.1) is 12.4 Å². The molecule has 1 aromatic carbocycles. The van der Waals surface area contributed by atoms with E-state index in [9.17, 15) is 9.59 Å². The minimum absolute atomic E-state index is 0. The van der Waals surface area contributed by atoms with Gasteiger partial charge in [-0.05, 0) is 45.2 Å². The molecule has 0 aliphatic heterocycles. The van der Waals surface area contributed by atoms with E-state index in [2.05, 4.69) is 16.0 Å². The van der Waals surface area contributed by atoms with Gasteiger partial charge in [0.2, 0.25) is 0 Å². The van der Waals surface area contributed by atoms with Crippen LogP contribution in [0.25, 0.3) is 0 Å². The van der Waals surface area contributed by atoms with E-state index in [0.29, 0.717) is 17.8 Å². The number of amides is 3. The predicted octanol–water partition coefficient (Wildman–Crippen LogP) is 1.93. The molecule has 0 bridgehead atoms. The molecule has 1 rings (SSSR count). The van der Waals surface area contributed by atoms with Gasteiger partial charge in [0, 0.05) is 37.4 Å². The summed E-state index contributed by atoms with van der Waals surface area (Å²) in [5.41, 5.74) is 1.26. The Balaban J connectivity index is 0.00000441. The Morgan fingerprint density at radius 3 is 2.27 bits per heavy atom. The fourth-order valence-electron chi connectivity index (χ4n) is 1.73. The third-order valence-corrected chi connectivity index (χ3v) is 2.85. The lowest BCUT2D eigenvalue weighted by Crippen LogP contribution is -2.34. The quantitative estimate of drug-likeness (QED) is 0.747. The number of rotatable bonds is 6. The maximum Gasteiger partial charge on any atom is 0.319 e. The van der Waals surface area contributed by atoms with Crippen LogP contribution in [0.3, 0.4) is 0 Å². The van der Waals surface area contributed by atoms with Gasteiger partial charge in [-0.1, -0.05) is 0 Å². The summed E-state index contributed by atoms with van der Waals surface area (Å²) in [6, 6.07) is 6.69. The Labute approximate surface area is 138 Å². The topological polar surface area (TPSA) is 73.5 Å². The van der Waals surface area contributed by atoms with Gasteiger partial charge in [-0.3, -0.25) is 4.79 Å². The molecule has 0 saturated heterocycles. The van der Waals surface area contributed by atoms with Gasteiger partial charge in [-0.25, -0.2) is 4.79 Å². The maximum absolute atomic E-state index is 12.1. The number of hydrogen-bond acceptors (Lipinski definition) is 3. The highest BCUT2D eigenvalue weighted by Crippen LogP contribution is 2.11. The van der Waals surface area contributed by atoms with Gasteiger partial charge in [0.25, 0.3) is 5.91 Å². The summed E-state index contributed by atoms with van der Waals surface area (Å²) in [5, 5.41) is 8.46. The van der Waals surface area contributed by atoms with Crippen molar-refractivity contribution in [1.29, 1.82) is 0 Å². The van der Waals surface area contributed by atoms with Crippen molar-refractivity contribution < 1.29 is 9.59 Å². The molecule has 7 heteroatoms. The maximum atomic E-state index is 12.1. The second-order valence-electron chi connectivity index (χ2n) is 5.16. The van der Waals surface area contributed by atoms with Gasteiger partial charge in [0.1, 0.15) is 0 Å². The van der Waals surface area contributed by atoms with Crippen molar-refractivity contribution in [2.75, 3.05) is 32.5 Å². The number of likely N-dealkylation sites (N-methyl/N-ethyl adjacent to an activating group) is 2. The van der Waals surface area contributed by atoms with Crippen LogP contribution in [-0.2, 0) is 0 Å². The predicted molar refractivity (Wildman–Crippen MR) is 91.9 cm³/mol. The lowest BCUT2D eigenvalue weighted by molar-refractivity contribution is 0.0797. The number of carbonyl (C=O) groups excluding carboxylic acids is 2. The van der Waals surface area contributed by atoms with E-state index in [1.165, 1.54) is 0 Å². The number of halogens is 1. The first-order valence-corrected chi connectivity index (χ1v) is 7.01. The summed E-state index contributed by atoms with van der Waals surface area (Å²) in [7, 11) is 3.61. The van der Waals surface area contributed by atoms with Crippen LogP contribution in [0.1, 0.15) is 24.2 Å². The summed E-state index contributed by atoms with van der Waals surface area (Å²) >= 11 is 0. The fraction of sp³-hybridized carbons (Fsp3) is 0.467. The lowest BCUT2D eigenvalue weighted by Gasteiger charge is -2.17. The Bertz CT molecular complexity index is 477. The van der Waals surface area contributed by atoms with Crippen LogP contribution in [0.15, 0.2) is 24.3 Å². The van der Waals surface area contributed by atoms with E-state index in [-0.39, 0.29) is 30.4 Å². The van der Waals surface area contributed by atoms with E-state index < -0.39 is 0 Å². The molecule has 3 N–H and O–H groups in total. The molecule has 0 saturated carbocycles. The first-order valence-electron chi connectivity index (χ1n) is 7.01. The number of nitrogens with zero attached hydrogens (tertiary/aromatic N) is 1. The van der Waals surface area contributed by atoms with E-state index >= 15 is 0 Å². The smallest absolute Gasteiger partial charge is 0.319 e. The SMILES string of the molecule is CNCCN(C)C(=O)c1ccc(NC(=O)NC(C)C)cc1.Cl. The molecule has 3 amide bonds. The van der Waals surface area contributed by atoms with Crippen LogP contribution >= 0.6 is 12.4 Å². The Hall–Kier alpha value is -1.79. The highest BCUT2D eigenvalue weighted by Gasteiger charge is 2.11. The zero-order chi connectivity index (χ0) is 15.8. The second kappa shape index (κ2) is 10.0. The molecule has 22 heavy (non-hydrogen) atoms. The van der Waals surface area contributed by atoms with E-state index in [4.69, 9.17) is 0 Å². The number of carbonyl (C=O) groups is 2. The highest BCUT2D eigenvalue weighted by atomic mass is 35.5. The molecule has 0 aliphatic rings. The van der Waals surface area contributed by atoms with Gasteiger partial charge in [0.05, 0.1) is 0 Å². The van der Waals surface area contributed by atoms with Crippen LogP contribution in [0.2, 0.25) is 0 Å². The third kappa shape index (κ3) is 6.78. The standard InChI is InChI=1S/C15H24N4O2.ClH/c1-11(2)17-15(21)18-13-7-5-12(6-8-13)14(20)19(4)10-9-16-3;/h5-8,11,16H,9-10H2,1-4H3,(H2,17,18,21);1H. The molecular formula is C15H25ClN4O2. The van der Waals surface area contributed by atoms with Crippen molar-refractivity contribution in [1.82, 2.24) is 15.5 Å². The van der Waals surface area contributed by atoms with Crippen LogP contribution in [0, 0.1) is 0 Å².